The molecule has 1 aliphatic heterocycles. The van der Waals surface area contributed by atoms with Gasteiger partial charge in [-0.3, -0.25) is 4.98 Å². The number of hydrogen-bond donors (Lipinski definition) is 0. The van der Waals surface area contributed by atoms with Crippen LogP contribution in [0.5, 0.6) is 0 Å². The fourth-order valence-corrected chi connectivity index (χ4v) is 2.83. The van der Waals surface area contributed by atoms with Crippen molar-refractivity contribution in [3.8, 4) is 0 Å². The Morgan fingerprint density at radius 3 is 2.94 bits per heavy atom. The molecule has 0 bridgehead atoms. The minimum absolute atomic E-state index is 0.545. The van der Waals surface area contributed by atoms with Crippen molar-refractivity contribution in [3.05, 3.63) is 39.0 Å². The highest BCUT2D eigenvalue weighted by Crippen LogP contribution is 2.35. The number of fused-ring (bicyclic) bond motifs is 2. The summed E-state index contributed by atoms with van der Waals surface area (Å²) in [6, 6.07) is 3.84. The molecule has 0 aliphatic carbocycles. The molecule has 1 aromatic heterocycles. The van der Waals surface area contributed by atoms with Crippen molar-refractivity contribution in [1.29, 1.82) is 0 Å². The molecule has 0 N–H and O–H groups in total. The molecule has 1 aliphatic rings. The second kappa shape index (κ2) is 4.13. The third-order valence-electron chi connectivity index (χ3n) is 3.15. The van der Waals surface area contributed by atoms with Crippen LogP contribution < -0.4 is 0 Å². The third-order valence-corrected chi connectivity index (χ3v) is 3.87. The molecular formula is C13H11Cl2NO. The molecule has 0 atom stereocenters. The largest absolute Gasteiger partial charge is 0.376 e. The first-order chi connectivity index (χ1) is 8.18. The number of nitrogens with zero attached hydrogens (tertiary/aromatic N) is 1. The Kier molecular flexibility index (Phi) is 2.74. The lowest BCUT2D eigenvalue weighted by molar-refractivity contribution is 0.109. The monoisotopic (exact) mass is 267 g/mol. The van der Waals surface area contributed by atoms with Gasteiger partial charge in [0.1, 0.15) is 0 Å². The predicted octanol–water partition coefficient (Wildman–Crippen LogP) is 3.92. The molecule has 0 saturated carbocycles. The fourth-order valence-electron chi connectivity index (χ4n) is 2.23. The first-order valence-corrected chi connectivity index (χ1v) is 6.28. The van der Waals surface area contributed by atoms with Gasteiger partial charge >= 0.3 is 0 Å². The van der Waals surface area contributed by atoms with E-state index in [9.17, 15) is 0 Å². The van der Waals surface area contributed by atoms with Crippen LogP contribution in [0.2, 0.25) is 10.0 Å². The summed E-state index contributed by atoms with van der Waals surface area (Å²) in [4.78, 5) is 4.64. The molecule has 4 heteroatoms. The SMILES string of the molecule is Cc1ccc(Cl)c2nc3c(c(Cl)c12)COCC3. The van der Waals surface area contributed by atoms with E-state index in [1.807, 2.05) is 19.1 Å². The molecule has 2 aromatic rings. The minimum Gasteiger partial charge on any atom is -0.376 e. The first kappa shape index (κ1) is 11.3. The maximum Gasteiger partial charge on any atom is 0.0909 e. The van der Waals surface area contributed by atoms with Gasteiger partial charge in [-0.05, 0) is 18.6 Å². The van der Waals surface area contributed by atoms with Gasteiger partial charge in [-0.15, -0.1) is 0 Å². The van der Waals surface area contributed by atoms with Gasteiger partial charge in [0.2, 0.25) is 0 Å². The van der Waals surface area contributed by atoms with Gasteiger partial charge in [0.05, 0.1) is 34.5 Å². The topological polar surface area (TPSA) is 22.1 Å². The highest BCUT2D eigenvalue weighted by molar-refractivity contribution is 6.40. The number of ether oxygens (including phenoxy) is 1. The predicted molar refractivity (Wildman–Crippen MR) is 69.9 cm³/mol. The molecule has 0 spiro atoms. The zero-order chi connectivity index (χ0) is 12.0. The van der Waals surface area contributed by atoms with E-state index in [0.717, 1.165) is 39.2 Å². The molecule has 0 unspecified atom stereocenters. The van der Waals surface area contributed by atoms with E-state index in [-0.39, 0.29) is 0 Å². The van der Waals surface area contributed by atoms with Crippen molar-refractivity contribution in [3.63, 3.8) is 0 Å². The van der Waals surface area contributed by atoms with Crippen LogP contribution in [-0.2, 0) is 17.8 Å². The van der Waals surface area contributed by atoms with Crippen LogP contribution in [0.4, 0.5) is 0 Å². The summed E-state index contributed by atoms with van der Waals surface area (Å²) in [5, 5.41) is 2.34. The average Bonchev–Trinajstić information content (AvgIpc) is 2.34. The summed E-state index contributed by atoms with van der Waals surface area (Å²) in [6.45, 7) is 3.26. The number of aryl methyl sites for hydroxylation is 1. The van der Waals surface area contributed by atoms with Gasteiger partial charge in [-0.1, -0.05) is 29.3 Å². The molecule has 0 fully saturated rings. The number of aromatic nitrogens is 1. The van der Waals surface area contributed by atoms with E-state index in [0.29, 0.717) is 18.2 Å². The summed E-state index contributed by atoms with van der Waals surface area (Å²) in [6.07, 6.45) is 0.801. The molecule has 88 valence electrons. The number of hydrogen-bond acceptors (Lipinski definition) is 2. The van der Waals surface area contributed by atoms with Gasteiger partial charge in [0, 0.05) is 17.4 Å². The maximum absolute atomic E-state index is 6.46. The van der Waals surface area contributed by atoms with Gasteiger partial charge in [0.25, 0.3) is 0 Å². The van der Waals surface area contributed by atoms with Gasteiger partial charge in [-0.25, -0.2) is 0 Å². The molecule has 17 heavy (non-hydrogen) atoms. The lowest BCUT2D eigenvalue weighted by Gasteiger charge is -2.19. The van der Waals surface area contributed by atoms with Crippen molar-refractivity contribution >= 4 is 34.1 Å². The van der Waals surface area contributed by atoms with Crippen LogP contribution in [-0.4, -0.2) is 11.6 Å². The summed E-state index contributed by atoms with van der Waals surface area (Å²) < 4.78 is 5.44. The molecule has 1 aromatic carbocycles. The van der Waals surface area contributed by atoms with Crippen molar-refractivity contribution in [2.45, 2.75) is 20.0 Å². The Morgan fingerprint density at radius 1 is 1.29 bits per heavy atom. The van der Waals surface area contributed by atoms with Crippen molar-refractivity contribution in [2.75, 3.05) is 6.61 Å². The Balaban J connectivity index is 2.44. The van der Waals surface area contributed by atoms with Crippen LogP contribution in [0.25, 0.3) is 10.9 Å². The molecular weight excluding hydrogens is 257 g/mol. The van der Waals surface area contributed by atoms with Gasteiger partial charge in [0.15, 0.2) is 0 Å². The van der Waals surface area contributed by atoms with Gasteiger partial charge < -0.3 is 4.74 Å². The van der Waals surface area contributed by atoms with Gasteiger partial charge in [-0.2, -0.15) is 0 Å². The number of benzene rings is 1. The zero-order valence-corrected chi connectivity index (χ0v) is 10.9. The van der Waals surface area contributed by atoms with Crippen LogP contribution in [0.15, 0.2) is 12.1 Å². The Bertz CT molecular complexity index is 610. The van der Waals surface area contributed by atoms with Crippen molar-refractivity contribution in [2.24, 2.45) is 0 Å². The summed E-state index contributed by atoms with van der Waals surface area (Å²) in [5.41, 5.74) is 3.92. The first-order valence-electron chi connectivity index (χ1n) is 5.52. The average molecular weight is 268 g/mol. The minimum atomic E-state index is 0.545. The summed E-state index contributed by atoms with van der Waals surface area (Å²) in [5.74, 6) is 0. The molecule has 2 heterocycles. The zero-order valence-electron chi connectivity index (χ0n) is 9.39. The van der Waals surface area contributed by atoms with Crippen LogP contribution >= 0.6 is 23.2 Å². The molecule has 2 nitrogen and oxygen atoms in total. The summed E-state index contributed by atoms with van der Waals surface area (Å²) >= 11 is 12.6. The molecule has 0 saturated heterocycles. The van der Waals surface area contributed by atoms with E-state index in [4.69, 9.17) is 27.9 Å². The van der Waals surface area contributed by atoms with E-state index < -0.39 is 0 Å². The van der Waals surface area contributed by atoms with Crippen molar-refractivity contribution < 1.29 is 4.74 Å². The molecule has 0 radical (unpaired) electrons. The Labute approximate surface area is 110 Å². The number of rotatable bonds is 0. The smallest absolute Gasteiger partial charge is 0.0909 e. The van der Waals surface area contributed by atoms with Crippen molar-refractivity contribution in [1.82, 2.24) is 4.98 Å². The highest BCUT2D eigenvalue weighted by atomic mass is 35.5. The molecule has 3 rings (SSSR count). The number of halogens is 2. The van der Waals surface area contributed by atoms with Crippen LogP contribution in [0.1, 0.15) is 16.8 Å². The Morgan fingerprint density at radius 2 is 2.12 bits per heavy atom. The second-order valence-electron chi connectivity index (χ2n) is 4.24. The highest BCUT2D eigenvalue weighted by Gasteiger charge is 2.19. The van der Waals surface area contributed by atoms with E-state index in [2.05, 4.69) is 4.98 Å². The maximum atomic E-state index is 6.46. The normalized spacial score (nSPS) is 15.0. The molecule has 0 amide bonds. The van der Waals surface area contributed by atoms with E-state index in [1.54, 1.807) is 0 Å². The van der Waals surface area contributed by atoms with Crippen LogP contribution in [0, 0.1) is 6.92 Å². The van der Waals surface area contributed by atoms with Crippen LogP contribution in [0.3, 0.4) is 0 Å². The Hall–Kier alpha value is -0.830. The summed E-state index contributed by atoms with van der Waals surface area (Å²) in [7, 11) is 0. The lowest BCUT2D eigenvalue weighted by atomic mass is 10.0. The lowest BCUT2D eigenvalue weighted by Crippen LogP contribution is -2.13. The second-order valence-corrected chi connectivity index (χ2v) is 5.03. The van der Waals surface area contributed by atoms with E-state index in [1.165, 1.54) is 0 Å². The quantitative estimate of drug-likeness (QED) is 0.722. The standard InChI is InChI=1S/C13H11Cl2NO/c1-7-2-3-9(14)13-11(7)12(15)8-6-17-5-4-10(8)16-13/h2-3H,4-6H2,1H3. The number of pyridine rings is 1. The third kappa shape index (κ3) is 1.71. The fraction of sp³-hybridized carbons (Fsp3) is 0.308. The van der Waals surface area contributed by atoms with E-state index >= 15 is 0 Å².